The predicted molar refractivity (Wildman–Crippen MR) is 108 cm³/mol. The summed E-state index contributed by atoms with van der Waals surface area (Å²) in [5.74, 6) is -0.0866. The van der Waals surface area contributed by atoms with Gasteiger partial charge in [-0.3, -0.25) is 4.79 Å². The molecule has 0 spiro atoms. The summed E-state index contributed by atoms with van der Waals surface area (Å²) in [6.07, 6.45) is 0. The highest BCUT2D eigenvalue weighted by Crippen LogP contribution is 2.25. The standard InChI is InChI=1S/C20H14N2O4S2/c23-19(18-7-3-9-28-18)21-14-5-1-4-13(10-14)20(24)25-12-15-11-16(26-22-15)17-6-2-8-27-17/h1-11H,12H2,(H,21,23). The van der Waals surface area contributed by atoms with Gasteiger partial charge in [0.15, 0.2) is 5.76 Å². The number of nitrogens with zero attached hydrogens (tertiary/aromatic N) is 1. The highest BCUT2D eigenvalue weighted by Gasteiger charge is 2.13. The SMILES string of the molecule is O=C(OCc1cc(-c2cccs2)on1)c1cccc(NC(=O)c2cccs2)c1. The quantitative estimate of drug-likeness (QED) is 0.449. The number of hydrogen-bond donors (Lipinski definition) is 1. The van der Waals surface area contributed by atoms with Gasteiger partial charge in [-0.1, -0.05) is 23.4 Å². The van der Waals surface area contributed by atoms with Crippen molar-refractivity contribution in [1.82, 2.24) is 5.16 Å². The summed E-state index contributed by atoms with van der Waals surface area (Å²) >= 11 is 2.89. The monoisotopic (exact) mass is 410 g/mol. The number of thiophene rings is 2. The summed E-state index contributed by atoms with van der Waals surface area (Å²) in [7, 11) is 0. The van der Waals surface area contributed by atoms with Crippen molar-refractivity contribution < 1.29 is 18.8 Å². The minimum atomic E-state index is -0.507. The van der Waals surface area contributed by atoms with Crippen LogP contribution >= 0.6 is 22.7 Å². The zero-order chi connectivity index (χ0) is 19.3. The smallest absolute Gasteiger partial charge is 0.338 e. The maximum absolute atomic E-state index is 12.3. The van der Waals surface area contributed by atoms with Crippen molar-refractivity contribution >= 4 is 40.2 Å². The number of esters is 1. The van der Waals surface area contributed by atoms with Crippen molar-refractivity contribution in [1.29, 1.82) is 0 Å². The summed E-state index contributed by atoms with van der Waals surface area (Å²) in [6, 6.07) is 15.7. The summed E-state index contributed by atoms with van der Waals surface area (Å²) in [4.78, 5) is 26.0. The van der Waals surface area contributed by atoms with Crippen molar-refractivity contribution in [3.8, 4) is 10.6 Å². The molecule has 4 aromatic rings. The van der Waals surface area contributed by atoms with Gasteiger partial charge in [0.1, 0.15) is 12.3 Å². The number of carbonyl (C=O) groups excluding carboxylic acids is 2. The van der Waals surface area contributed by atoms with Crippen LogP contribution in [0.2, 0.25) is 0 Å². The molecule has 0 aliphatic carbocycles. The first-order valence-electron chi connectivity index (χ1n) is 8.30. The number of benzene rings is 1. The third kappa shape index (κ3) is 4.19. The van der Waals surface area contributed by atoms with Gasteiger partial charge in [-0.15, -0.1) is 22.7 Å². The number of nitrogens with one attached hydrogen (secondary N) is 1. The Morgan fingerprint density at radius 1 is 1.04 bits per heavy atom. The van der Waals surface area contributed by atoms with Gasteiger partial charge >= 0.3 is 5.97 Å². The molecule has 1 aromatic carbocycles. The lowest BCUT2D eigenvalue weighted by Crippen LogP contribution is -2.11. The second-order valence-corrected chi connectivity index (χ2v) is 7.64. The number of ether oxygens (including phenoxy) is 1. The molecule has 6 nitrogen and oxygen atoms in total. The lowest BCUT2D eigenvalue weighted by atomic mass is 10.2. The Morgan fingerprint density at radius 3 is 2.68 bits per heavy atom. The van der Waals surface area contributed by atoms with Gasteiger partial charge in [-0.05, 0) is 41.1 Å². The zero-order valence-corrected chi connectivity index (χ0v) is 16.1. The molecule has 0 atom stereocenters. The average molecular weight is 410 g/mol. The number of carbonyl (C=O) groups is 2. The highest BCUT2D eigenvalue weighted by molar-refractivity contribution is 7.13. The van der Waals surface area contributed by atoms with E-state index in [-0.39, 0.29) is 12.5 Å². The van der Waals surface area contributed by atoms with E-state index in [2.05, 4.69) is 10.5 Å². The number of amides is 1. The fourth-order valence-electron chi connectivity index (χ4n) is 2.46. The van der Waals surface area contributed by atoms with Crippen LogP contribution in [0.25, 0.3) is 10.6 Å². The minimum absolute atomic E-state index is 0.000505. The molecule has 0 aliphatic rings. The van der Waals surface area contributed by atoms with E-state index in [1.807, 2.05) is 22.9 Å². The maximum atomic E-state index is 12.3. The summed E-state index contributed by atoms with van der Waals surface area (Å²) in [5.41, 5.74) is 1.39. The molecule has 3 heterocycles. The molecule has 28 heavy (non-hydrogen) atoms. The summed E-state index contributed by atoms with van der Waals surface area (Å²) < 4.78 is 10.6. The van der Waals surface area contributed by atoms with Crippen LogP contribution in [0.15, 0.2) is 69.9 Å². The molecule has 4 rings (SSSR count). The molecule has 0 unspecified atom stereocenters. The molecule has 0 fully saturated rings. The van der Waals surface area contributed by atoms with Crippen molar-refractivity contribution in [2.45, 2.75) is 6.61 Å². The Morgan fingerprint density at radius 2 is 1.89 bits per heavy atom. The summed E-state index contributed by atoms with van der Waals surface area (Å²) in [6.45, 7) is -0.000505. The molecule has 0 radical (unpaired) electrons. The lowest BCUT2D eigenvalue weighted by Gasteiger charge is -2.06. The maximum Gasteiger partial charge on any atom is 0.338 e. The topological polar surface area (TPSA) is 81.4 Å². The molecule has 0 saturated carbocycles. The van der Waals surface area contributed by atoms with Gasteiger partial charge < -0.3 is 14.6 Å². The van der Waals surface area contributed by atoms with E-state index in [4.69, 9.17) is 9.26 Å². The van der Waals surface area contributed by atoms with Gasteiger partial charge in [-0.25, -0.2) is 4.79 Å². The van der Waals surface area contributed by atoms with Crippen LogP contribution in [0.4, 0.5) is 5.69 Å². The van der Waals surface area contributed by atoms with Crippen LogP contribution in [0, 0.1) is 0 Å². The normalized spacial score (nSPS) is 10.6. The van der Waals surface area contributed by atoms with Gasteiger partial charge in [0.25, 0.3) is 5.91 Å². The molecule has 8 heteroatoms. The van der Waals surface area contributed by atoms with E-state index >= 15 is 0 Å². The molecule has 0 bridgehead atoms. The first kappa shape index (κ1) is 18.1. The fraction of sp³-hybridized carbons (Fsp3) is 0.0500. The summed E-state index contributed by atoms with van der Waals surface area (Å²) in [5, 5.41) is 10.5. The molecule has 3 aromatic heterocycles. The van der Waals surface area contributed by atoms with Crippen molar-refractivity contribution in [2.75, 3.05) is 5.32 Å². The van der Waals surface area contributed by atoms with E-state index in [0.717, 1.165) is 4.88 Å². The Hall–Kier alpha value is -3.23. The highest BCUT2D eigenvalue weighted by atomic mass is 32.1. The average Bonchev–Trinajstić information content (AvgIpc) is 3.48. The van der Waals surface area contributed by atoms with Gasteiger partial charge in [0, 0.05) is 11.8 Å². The second-order valence-electron chi connectivity index (χ2n) is 5.75. The van der Waals surface area contributed by atoms with E-state index < -0.39 is 5.97 Å². The third-order valence-corrected chi connectivity index (χ3v) is 5.53. The van der Waals surface area contributed by atoms with Crippen LogP contribution in [0.3, 0.4) is 0 Å². The van der Waals surface area contributed by atoms with Crippen LogP contribution in [0.1, 0.15) is 25.7 Å². The fourth-order valence-corrected chi connectivity index (χ4v) is 3.75. The molecule has 1 amide bonds. The van der Waals surface area contributed by atoms with Gasteiger partial charge in [0.2, 0.25) is 0 Å². The lowest BCUT2D eigenvalue weighted by molar-refractivity contribution is 0.0464. The van der Waals surface area contributed by atoms with Crippen LogP contribution < -0.4 is 5.32 Å². The van der Waals surface area contributed by atoms with Crippen molar-refractivity contribution in [3.05, 3.63) is 81.5 Å². The van der Waals surface area contributed by atoms with Crippen LogP contribution in [0.5, 0.6) is 0 Å². The van der Waals surface area contributed by atoms with Gasteiger partial charge in [0.05, 0.1) is 15.3 Å². The number of aromatic nitrogens is 1. The Balaban J connectivity index is 1.38. The molecular formula is C20H14N2O4S2. The molecule has 140 valence electrons. The minimum Gasteiger partial charge on any atom is -0.455 e. The van der Waals surface area contributed by atoms with Crippen molar-refractivity contribution in [2.24, 2.45) is 0 Å². The number of anilines is 1. The first-order chi connectivity index (χ1) is 13.7. The zero-order valence-electron chi connectivity index (χ0n) is 14.5. The van der Waals surface area contributed by atoms with E-state index in [1.165, 1.54) is 11.3 Å². The largest absolute Gasteiger partial charge is 0.455 e. The van der Waals surface area contributed by atoms with Crippen LogP contribution in [-0.4, -0.2) is 17.0 Å². The molecule has 1 N–H and O–H groups in total. The molecule has 0 aliphatic heterocycles. The Bertz CT molecular complexity index is 1090. The second kappa shape index (κ2) is 8.20. The molecular weight excluding hydrogens is 396 g/mol. The van der Waals surface area contributed by atoms with E-state index in [9.17, 15) is 9.59 Å². The van der Waals surface area contributed by atoms with E-state index in [1.54, 1.807) is 53.8 Å². The number of rotatable bonds is 6. The van der Waals surface area contributed by atoms with Gasteiger partial charge in [-0.2, -0.15) is 0 Å². The Kier molecular flexibility index (Phi) is 5.31. The Labute approximate surface area is 168 Å². The first-order valence-corrected chi connectivity index (χ1v) is 10.1. The van der Waals surface area contributed by atoms with E-state index in [0.29, 0.717) is 27.6 Å². The predicted octanol–water partition coefficient (Wildman–Crippen LogP) is 5.07. The number of hydrogen-bond acceptors (Lipinski definition) is 7. The molecule has 0 saturated heterocycles. The van der Waals surface area contributed by atoms with Crippen molar-refractivity contribution in [3.63, 3.8) is 0 Å². The third-order valence-electron chi connectivity index (χ3n) is 3.78. The van der Waals surface area contributed by atoms with Crippen LogP contribution in [-0.2, 0) is 11.3 Å².